The lowest BCUT2D eigenvalue weighted by atomic mass is 9.58. The summed E-state index contributed by atoms with van der Waals surface area (Å²) in [6.45, 7) is 4.13. The highest BCUT2D eigenvalue weighted by Crippen LogP contribution is 2.51. The molecule has 0 aromatic carbocycles. The average molecular weight is 405 g/mol. The molecule has 0 fully saturated rings. The van der Waals surface area contributed by atoms with E-state index in [1.807, 2.05) is 30.8 Å². The van der Waals surface area contributed by atoms with Gasteiger partial charge in [-0.05, 0) is 29.9 Å². The molecule has 2 aliphatic rings. The van der Waals surface area contributed by atoms with E-state index in [1.165, 1.54) is 4.80 Å². The van der Waals surface area contributed by atoms with E-state index in [9.17, 15) is 10.4 Å². The predicted molar refractivity (Wildman–Crippen MR) is 106 cm³/mol. The molecule has 10 nitrogen and oxygen atoms in total. The van der Waals surface area contributed by atoms with Crippen LogP contribution in [0.2, 0.25) is 0 Å². The van der Waals surface area contributed by atoms with Crippen molar-refractivity contribution in [1.82, 2.24) is 39.5 Å². The lowest BCUT2D eigenvalue weighted by molar-refractivity contribution is 0.0668. The van der Waals surface area contributed by atoms with Crippen LogP contribution in [0.15, 0.2) is 24.0 Å². The zero-order valence-corrected chi connectivity index (χ0v) is 17.4. The maximum Gasteiger partial charge on any atom is 0.276 e. The Morgan fingerprint density at radius 1 is 1.33 bits per heavy atom. The highest BCUT2D eigenvalue weighted by molar-refractivity contribution is 5.59. The third kappa shape index (κ3) is 2.48. The molecule has 1 N–H and O–H groups in total. The molecular formula is C20H23N9O. The van der Waals surface area contributed by atoms with Gasteiger partial charge < -0.3 is 5.11 Å². The summed E-state index contributed by atoms with van der Waals surface area (Å²) in [6, 6.07) is 2.19. The van der Waals surface area contributed by atoms with E-state index in [1.54, 1.807) is 17.9 Å². The molecule has 0 amide bonds. The first-order valence-corrected chi connectivity index (χ1v) is 10.00. The van der Waals surface area contributed by atoms with Crippen LogP contribution in [-0.2, 0) is 25.9 Å². The monoisotopic (exact) mass is 405 g/mol. The maximum atomic E-state index is 10.6. The van der Waals surface area contributed by atoms with Gasteiger partial charge in [0, 0.05) is 18.7 Å². The van der Waals surface area contributed by atoms with Crippen molar-refractivity contribution >= 4 is 0 Å². The third-order valence-electron chi connectivity index (χ3n) is 6.64. The van der Waals surface area contributed by atoms with Gasteiger partial charge in [0.2, 0.25) is 0 Å². The average Bonchev–Trinajstić information content (AvgIpc) is 3.42. The predicted octanol–water partition coefficient (Wildman–Crippen LogP) is 1.08. The van der Waals surface area contributed by atoms with Crippen LogP contribution in [-0.4, -0.2) is 50.7 Å². The fraction of sp³-hybridized carbons (Fsp3) is 0.500. The number of allylic oxidation sites excluding steroid dienone is 1. The summed E-state index contributed by atoms with van der Waals surface area (Å²) in [4.78, 5) is 6.49. The molecule has 0 bridgehead atoms. The molecule has 3 aromatic rings. The lowest BCUT2D eigenvalue weighted by Gasteiger charge is -2.46. The molecule has 0 aliphatic heterocycles. The number of aliphatic hydroxyl groups is 1. The van der Waals surface area contributed by atoms with E-state index < -0.39 is 11.5 Å². The quantitative estimate of drug-likeness (QED) is 0.676. The Morgan fingerprint density at radius 2 is 2.13 bits per heavy atom. The van der Waals surface area contributed by atoms with Crippen molar-refractivity contribution in [3.05, 3.63) is 35.4 Å². The van der Waals surface area contributed by atoms with Gasteiger partial charge in [0.1, 0.15) is 0 Å². The van der Waals surface area contributed by atoms with Gasteiger partial charge in [-0.25, -0.2) is 4.98 Å². The van der Waals surface area contributed by atoms with Crippen LogP contribution in [0.3, 0.4) is 0 Å². The second kappa shape index (κ2) is 6.34. The Hall–Kier alpha value is -3.32. The zero-order chi connectivity index (χ0) is 21.2. The number of hydrogen-bond acceptors (Lipinski definition) is 7. The van der Waals surface area contributed by atoms with Crippen LogP contribution in [0, 0.1) is 23.2 Å². The van der Waals surface area contributed by atoms with Gasteiger partial charge in [-0.1, -0.05) is 25.0 Å². The molecule has 2 aliphatic carbocycles. The van der Waals surface area contributed by atoms with Gasteiger partial charge in [-0.2, -0.15) is 15.2 Å². The molecule has 10 heteroatoms. The van der Waals surface area contributed by atoms with Gasteiger partial charge in [0.05, 0.1) is 47.9 Å². The van der Waals surface area contributed by atoms with Gasteiger partial charge in [-0.15, -0.1) is 5.10 Å². The van der Waals surface area contributed by atoms with Crippen molar-refractivity contribution in [2.75, 3.05) is 0 Å². The van der Waals surface area contributed by atoms with Crippen LogP contribution >= 0.6 is 0 Å². The lowest BCUT2D eigenvalue weighted by Crippen LogP contribution is -2.47. The first-order valence-electron chi connectivity index (χ1n) is 10.00. The molecule has 4 atom stereocenters. The number of aliphatic hydroxyl groups excluding tert-OH is 1. The van der Waals surface area contributed by atoms with Crippen LogP contribution in [0.5, 0.6) is 0 Å². The fourth-order valence-corrected chi connectivity index (χ4v) is 5.19. The minimum absolute atomic E-state index is 0.0376. The zero-order valence-electron chi connectivity index (χ0n) is 17.4. The molecule has 3 aromatic heterocycles. The molecule has 3 heterocycles. The second-order valence-electron chi connectivity index (χ2n) is 8.49. The topological polar surface area (TPSA) is 123 Å². The van der Waals surface area contributed by atoms with Crippen molar-refractivity contribution < 1.29 is 5.11 Å². The summed E-state index contributed by atoms with van der Waals surface area (Å²) < 4.78 is 3.69. The van der Waals surface area contributed by atoms with Crippen molar-refractivity contribution in [3.8, 4) is 23.4 Å². The minimum Gasteiger partial charge on any atom is -0.387 e. The summed E-state index contributed by atoms with van der Waals surface area (Å²) in [5.74, 6) is 1.30. The third-order valence-corrected chi connectivity index (χ3v) is 6.64. The molecule has 5 rings (SSSR count). The number of nitrogens with zero attached hydrogens (tertiary/aromatic N) is 9. The van der Waals surface area contributed by atoms with Crippen LogP contribution < -0.4 is 0 Å². The number of nitriles is 1. The molecule has 1 unspecified atom stereocenters. The largest absolute Gasteiger partial charge is 0.387 e. The number of fused-ring (bicyclic) bond motifs is 3. The number of imidazole rings is 1. The number of rotatable bonds is 2. The van der Waals surface area contributed by atoms with E-state index in [-0.39, 0.29) is 11.8 Å². The molecule has 0 saturated carbocycles. The summed E-state index contributed by atoms with van der Waals surface area (Å²) in [7, 11) is 3.59. The highest BCUT2D eigenvalue weighted by atomic mass is 16.3. The Morgan fingerprint density at radius 3 is 2.77 bits per heavy atom. The summed E-state index contributed by atoms with van der Waals surface area (Å²) in [5.41, 5.74) is 2.70. The van der Waals surface area contributed by atoms with E-state index in [4.69, 9.17) is 4.98 Å². The molecular weight excluding hydrogens is 382 g/mol. The number of aryl methyl sites for hydroxylation is 2. The number of aromatic nitrogens is 8. The molecule has 0 radical (unpaired) electrons. The van der Waals surface area contributed by atoms with Crippen molar-refractivity contribution in [1.29, 1.82) is 5.26 Å². The smallest absolute Gasteiger partial charge is 0.276 e. The van der Waals surface area contributed by atoms with Crippen LogP contribution in [0.1, 0.15) is 31.7 Å². The number of hydrogen-bond donors (Lipinski definition) is 1. The summed E-state index contributed by atoms with van der Waals surface area (Å²) >= 11 is 0. The molecule has 0 saturated heterocycles. The highest BCUT2D eigenvalue weighted by Gasteiger charge is 2.50. The first kappa shape index (κ1) is 18.7. The maximum absolute atomic E-state index is 10.6. The van der Waals surface area contributed by atoms with E-state index in [0.717, 1.165) is 29.8 Å². The van der Waals surface area contributed by atoms with E-state index in [0.29, 0.717) is 17.3 Å². The van der Waals surface area contributed by atoms with Gasteiger partial charge in [0.25, 0.3) is 5.95 Å². The first-order chi connectivity index (χ1) is 14.3. The van der Waals surface area contributed by atoms with E-state index >= 15 is 0 Å². The molecule has 0 spiro atoms. The Bertz CT molecular complexity index is 1210. The number of tetrazole rings is 1. The Balaban J connectivity index is 1.78. The van der Waals surface area contributed by atoms with Crippen molar-refractivity contribution in [3.63, 3.8) is 0 Å². The summed E-state index contributed by atoms with van der Waals surface area (Å²) in [6.07, 6.45) is 6.49. The van der Waals surface area contributed by atoms with Crippen LogP contribution in [0.25, 0.3) is 17.3 Å². The Labute approximate surface area is 173 Å². The van der Waals surface area contributed by atoms with Crippen molar-refractivity contribution in [2.45, 2.75) is 38.2 Å². The molecule has 154 valence electrons. The molecule has 30 heavy (non-hydrogen) atoms. The van der Waals surface area contributed by atoms with Gasteiger partial charge in [-0.3, -0.25) is 9.25 Å². The standard InChI is InChI=1S/C20H23N9O/c1-11-14-5-6-15-17(20(14,2)7-12(8-21)16(11)30)23-18(13-9-22-27(3)10-13)29(15)19-24-26-28(4)25-19/h7,9-11,14,16,30H,5-6H2,1-4H3/t11-,14-,16?,20-/m0/s1. The normalized spacial score (nSPS) is 27.9. The Kier molecular flexibility index (Phi) is 3.95. The van der Waals surface area contributed by atoms with E-state index in [2.05, 4.69) is 33.5 Å². The summed E-state index contributed by atoms with van der Waals surface area (Å²) in [5, 5.41) is 37.2. The second-order valence-corrected chi connectivity index (χ2v) is 8.49. The van der Waals surface area contributed by atoms with Crippen LogP contribution in [0.4, 0.5) is 0 Å². The van der Waals surface area contributed by atoms with Crippen molar-refractivity contribution in [2.24, 2.45) is 25.9 Å². The SMILES string of the molecule is C[C@@H]1C(O)C(C#N)=C[C@]2(C)c3nc(-c4cnn(C)c4)n(-c4nnn(C)n4)c3CC[C@@H]12. The minimum atomic E-state index is -0.740. The van der Waals surface area contributed by atoms with Gasteiger partial charge >= 0.3 is 0 Å². The van der Waals surface area contributed by atoms with Gasteiger partial charge in [0.15, 0.2) is 5.82 Å². The fourth-order valence-electron chi connectivity index (χ4n) is 5.19.